The summed E-state index contributed by atoms with van der Waals surface area (Å²) < 4.78 is 4.91. The fourth-order valence-corrected chi connectivity index (χ4v) is 1.01. The molecule has 0 bridgehead atoms. The summed E-state index contributed by atoms with van der Waals surface area (Å²) in [5.74, 6) is 1.17. The van der Waals surface area contributed by atoms with E-state index in [4.69, 9.17) is 9.84 Å². The predicted molar refractivity (Wildman–Crippen MR) is 52.9 cm³/mol. The van der Waals surface area contributed by atoms with E-state index in [1.807, 2.05) is 0 Å². The molecule has 0 aliphatic rings. The maximum absolute atomic E-state index is 8.80. The van der Waals surface area contributed by atoms with Gasteiger partial charge in [-0.15, -0.1) is 0 Å². The molecule has 0 atom stereocenters. The monoisotopic (exact) mass is 197 g/mol. The van der Waals surface area contributed by atoms with Gasteiger partial charge < -0.3 is 15.2 Å². The lowest BCUT2D eigenvalue weighted by Crippen LogP contribution is -2.07. The lowest BCUT2D eigenvalue weighted by atomic mass is 10.4. The first kappa shape index (κ1) is 10.9. The van der Waals surface area contributed by atoms with Crippen molar-refractivity contribution in [1.82, 2.24) is 9.97 Å². The van der Waals surface area contributed by atoms with Crippen LogP contribution in [0.25, 0.3) is 0 Å². The third kappa shape index (κ3) is 3.68. The van der Waals surface area contributed by atoms with Crippen LogP contribution in [0.4, 0.5) is 5.82 Å². The van der Waals surface area contributed by atoms with Gasteiger partial charge in [0, 0.05) is 26.5 Å². The lowest BCUT2D eigenvalue weighted by molar-refractivity contribution is 0.197. The maximum Gasteiger partial charge on any atom is 0.156 e. The van der Waals surface area contributed by atoms with Gasteiger partial charge in [-0.2, -0.15) is 0 Å². The molecule has 14 heavy (non-hydrogen) atoms. The molecule has 1 heterocycles. The number of nitrogens with zero attached hydrogens (tertiary/aromatic N) is 2. The van der Waals surface area contributed by atoms with E-state index >= 15 is 0 Å². The van der Waals surface area contributed by atoms with Gasteiger partial charge in [-0.3, -0.25) is 0 Å². The number of aromatic nitrogens is 2. The van der Waals surface area contributed by atoms with Crippen molar-refractivity contribution in [3.63, 3.8) is 0 Å². The summed E-state index contributed by atoms with van der Waals surface area (Å²) in [5.41, 5.74) is 0. The van der Waals surface area contributed by atoms with Gasteiger partial charge in [-0.25, -0.2) is 9.97 Å². The molecule has 78 valence electrons. The second-order valence-corrected chi connectivity index (χ2v) is 2.79. The Morgan fingerprint density at radius 3 is 3.14 bits per heavy atom. The Labute approximate surface area is 83.2 Å². The van der Waals surface area contributed by atoms with E-state index in [1.165, 1.54) is 0 Å². The average molecular weight is 197 g/mol. The molecule has 5 heteroatoms. The predicted octanol–water partition coefficient (Wildman–Crippen LogP) is 0.417. The summed E-state index contributed by atoms with van der Waals surface area (Å²) in [6, 6.07) is 1.77. The van der Waals surface area contributed by atoms with Crippen LogP contribution in [0.15, 0.2) is 12.3 Å². The first-order valence-electron chi connectivity index (χ1n) is 4.52. The summed E-state index contributed by atoms with van der Waals surface area (Å²) in [6.45, 7) is 1.40. The van der Waals surface area contributed by atoms with E-state index in [2.05, 4.69) is 15.3 Å². The lowest BCUT2D eigenvalue weighted by Gasteiger charge is -2.05. The Kier molecular flexibility index (Phi) is 4.88. The van der Waals surface area contributed by atoms with Crippen molar-refractivity contribution in [2.24, 2.45) is 0 Å². The van der Waals surface area contributed by atoms with Crippen molar-refractivity contribution in [3.05, 3.63) is 18.1 Å². The Bertz CT molecular complexity index is 268. The highest BCUT2D eigenvalue weighted by atomic mass is 16.5. The van der Waals surface area contributed by atoms with Crippen LogP contribution in [-0.4, -0.2) is 35.3 Å². The van der Waals surface area contributed by atoms with Crippen LogP contribution in [0.2, 0.25) is 0 Å². The maximum atomic E-state index is 8.80. The number of rotatable bonds is 6. The van der Waals surface area contributed by atoms with Crippen molar-refractivity contribution in [3.8, 4) is 0 Å². The van der Waals surface area contributed by atoms with Gasteiger partial charge in [0.15, 0.2) is 5.82 Å². The first-order chi connectivity index (χ1) is 6.86. The van der Waals surface area contributed by atoms with Gasteiger partial charge in [0.2, 0.25) is 0 Å². The molecule has 0 saturated heterocycles. The molecular formula is C9H15N3O2. The zero-order valence-electron chi connectivity index (χ0n) is 8.23. The van der Waals surface area contributed by atoms with Gasteiger partial charge in [0.1, 0.15) is 12.4 Å². The number of hydrogen-bond acceptors (Lipinski definition) is 5. The van der Waals surface area contributed by atoms with Gasteiger partial charge >= 0.3 is 0 Å². The number of ether oxygens (including phenoxy) is 1. The summed E-state index contributed by atoms with van der Waals surface area (Å²) in [5, 5.41) is 11.9. The molecule has 0 radical (unpaired) electrons. The minimum atomic E-state index is -0.131. The highest BCUT2D eigenvalue weighted by Gasteiger charge is 1.96. The molecule has 0 saturated carbocycles. The third-order valence-corrected chi connectivity index (χ3v) is 1.68. The minimum Gasteiger partial charge on any atom is -0.388 e. The van der Waals surface area contributed by atoms with Crippen LogP contribution in [0.5, 0.6) is 0 Å². The fourth-order valence-electron chi connectivity index (χ4n) is 1.01. The Morgan fingerprint density at radius 1 is 1.57 bits per heavy atom. The van der Waals surface area contributed by atoms with Gasteiger partial charge in [-0.05, 0) is 12.5 Å². The van der Waals surface area contributed by atoms with Crippen LogP contribution in [0, 0.1) is 0 Å². The van der Waals surface area contributed by atoms with E-state index in [0.29, 0.717) is 5.82 Å². The summed E-state index contributed by atoms with van der Waals surface area (Å²) in [4.78, 5) is 7.95. The minimum absolute atomic E-state index is 0.131. The third-order valence-electron chi connectivity index (χ3n) is 1.68. The van der Waals surface area contributed by atoms with E-state index in [0.717, 1.165) is 25.4 Å². The molecule has 1 aromatic heterocycles. The van der Waals surface area contributed by atoms with Crippen LogP contribution < -0.4 is 5.32 Å². The molecule has 0 aliphatic carbocycles. The highest BCUT2D eigenvalue weighted by Crippen LogP contribution is 2.01. The summed E-state index contributed by atoms with van der Waals surface area (Å²) in [7, 11) is 1.68. The van der Waals surface area contributed by atoms with E-state index < -0.39 is 0 Å². The van der Waals surface area contributed by atoms with Crippen molar-refractivity contribution in [2.45, 2.75) is 13.0 Å². The van der Waals surface area contributed by atoms with Crippen molar-refractivity contribution < 1.29 is 9.84 Å². The number of hydrogen-bond donors (Lipinski definition) is 2. The number of aliphatic hydroxyl groups excluding tert-OH is 1. The topological polar surface area (TPSA) is 67.3 Å². The standard InChI is InChI=1S/C9H15N3O2/c1-14-6-2-4-10-8-3-5-11-9(7-13)12-8/h3,5,13H,2,4,6-7H2,1H3,(H,10,11,12). The molecular weight excluding hydrogens is 182 g/mol. The average Bonchev–Trinajstić information content (AvgIpc) is 2.25. The second kappa shape index (κ2) is 6.28. The summed E-state index contributed by atoms with van der Waals surface area (Å²) in [6.07, 6.45) is 2.55. The van der Waals surface area contributed by atoms with Gasteiger partial charge in [0.25, 0.3) is 0 Å². The van der Waals surface area contributed by atoms with Crippen LogP contribution >= 0.6 is 0 Å². The molecule has 0 aromatic carbocycles. The highest BCUT2D eigenvalue weighted by molar-refractivity contribution is 5.32. The molecule has 1 rings (SSSR count). The summed E-state index contributed by atoms with van der Waals surface area (Å²) >= 11 is 0. The number of anilines is 1. The molecule has 0 spiro atoms. The SMILES string of the molecule is COCCCNc1ccnc(CO)n1. The van der Waals surface area contributed by atoms with Crippen molar-refractivity contribution in [2.75, 3.05) is 25.6 Å². The Hall–Kier alpha value is -1.20. The van der Waals surface area contributed by atoms with E-state index in [-0.39, 0.29) is 6.61 Å². The normalized spacial score (nSPS) is 10.1. The molecule has 2 N–H and O–H groups in total. The number of methoxy groups -OCH3 is 1. The molecule has 0 amide bonds. The fraction of sp³-hybridized carbons (Fsp3) is 0.556. The van der Waals surface area contributed by atoms with Gasteiger partial charge in [-0.1, -0.05) is 0 Å². The quantitative estimate of drug-likeness (QED) is 0.647. The Morgan fingerprint density at radius 2 is 2.43 bits per heavy atom. The molecule has 1 aromatic rings. The zero-order valence-corrected chi connectivity index (χ0v) is 8.23. The van der Waals surface area contributed by atoms with Gasteiger partial charge in [0.05, 0.1) is 0 Å². The molecule has 0 aliphatic heterocycles. The first-order valence-corrected chi connectivity index (χ1v) is 4.52. The zero-order chi connectivity index (χ0) is 10.2. The second-order valence-electron chi connectivity index (χ2n) is 2.79. The number of aliphatic hydroxyl groups is 1. The molecule has 0 fully saturated rings. The largest absolute Gasteiger partial charge is 0.388 e. The molecule has 5 nitrogen and oxygen atoms in total. The van der Waals surface area contributed by atoms with E-state index in [9.17, 15) is 0 Å². The number of nitrogens with one attached hydrogen (secondary N) is 1. The van der Waals surface area contributed by atoms with Crippen LogP contribution in [-0.2, 0) is 11.3 Å². The van der Waals surface area contributed by atoms with E-state index in [1.54, 1.807) is 19.4 Å². The van der Waals surface area contributed by atoms with Crippen molar-refractivity contribution in [1.29, 1.82) is 0 Å². The smallest absolute Gasteiger partial charge is 0.156 e. The molecule has 0 unspecified atom stereocenters. The Balaban J connectivity index is 2.34. The van der Waals surface area contributed by atoms with Crippen LogP contribution in [0.3, 0.4) is 0 Å². The van der Waals surface area contributed by atoms with Crippen molar-refractivity contribution >= 4 is 5.82 Å². The van der Waals surface area contributed by atoms with Crippen LogP contribution in [0.1, 0.15) is 12.2 Å².